The number of ether oxygens (including phenoxy) is 1. The number of aromatic nitrogens is 3. The second-order valence-corrected chi connectivity index (χ2v) is 7.96. The van der Waals surface area contributed by atoms with Gasteiger partial charge < -0.3 is 10.1 Å². The lowest BCUT2D eigenvalue weighted by Gasteiger charge is -2.25. The van der Waals surface area contributed by atoms with Gasteiger partial charge in [-0.2, -0.15) is 0 Å². The number of nitrogens with one attached hydrogen (secondary N) is 2. The normalized spacial score (nSPS) is 13.3. The van der Waals surface area contributed by atoms with Gasteiger partial charge in [-0.15, -0.1) is 11.3 Å². The lowest BCUT2D eigenvalue weighted by atomic mass is 10.2. The fourth-order valence-corrected chi connectivity index (χ4v) is 4.30. The third-order valence-electron chi connectivity index (χ3n) is 4.65. The highest BCUT2D eigenvalue weighted by Gasteiger charge is 2.23. The predicted octanol–water partition coefficient (Wildman–Crippen LogP) is 2.58. The highest BCUT2D eigenvalue weighted by Crippen LogP contribution is 2.29. The summed E-state index contributed by atoms with van der Waals surface area (Å²) in [5.41, 5.74) is 1.86. The molecule has 0 radical (unpaired) electrons. The van der Waals surface area contributed by atoms with Gasteiger partial charge in [0.15, 0.2) is 5.13 Å². The van der Waals surface area contributed by atoms with E-state index in [2.05, 4.69) is 30.5 Å². The molecule has 3 aromatic rings. The van der Waals surface area contributed by atoms with Gasteiger partial charge in [0, 0.05) is 36.8 Å². The number of rotatable bonds is 7. The van der Waals surface area contributed by atoms with E-state index in [4.69, 9.17) is 4.74 Å². The second kappa shape index (κ2) is 9.63. The van der Waals surface area contributed by atoms with Crippen LogP contribution >= 0.6 is 11.3 Å². The van der Waals surface area contributed by atoms with Gasteiger partial charge in [0.1, 0.15) is 11.4 Å². The van der Waals surface area contributed by atoms with E-state index in [9.17, 15) is 9.59 Å². The largest absolute Gasteiger partial charge is 0.492 e. The molecule has 0 fully saturated rings. The molecule has 9 nitrogen and oxygen atoms in total. The van der Waals surface area contributed by atoms with Crippen LogP contribution in [0, 0.1) is 0 Å². The van der Waals surface area contributed by atoms with Crippen LogP contribution < -0.4 is 15.4 Å². The maximum Gasteiger partial charge on any atom is 0.277 e. The van der Waals surface area contributed by atoms with Crippen molar-refractivity contribution in [2.24, 2.45) is 0 Å². The lowest BCUT2D eigenvalue weighted by Crippen LogP contribution is -2.36. The maximum atomic E-state index is 12.6. The van der Waals surface area contributed by atoms with Gasteiger partial charge >= 0.3 is 0 Å². The summed E-state index contributed by atoms with van der Waals surface area (Å²) in [6.45, 7) is 4.02. The van der Waals surface area contributed by atoms with Crippen molar-refractivity contribution in [1.29, 1.82) is 0 Å². The van der Waals surface area contributed by atoms with Crippen molar-refractivity contribution in [2.75, 3.05) is 30.3 Å². The molecular formula is C21H22N6O3S. The monoisotopic (exact) mass is 438 g/mol. The quantitative estimate of drug-likeness (QED) is 0.583. The van der Waals surface area contributed by atoms with Gasteiger partial charge in [-0.05, 0) is 19.1 Å². The van der Waals surface area contributed by atoms with Gasteiger partial charge in [0.25, 0.3) is 5.91 Å². The van der Waals surface area contributed by atoms with Crippen molar-refractivity contribution in [1.82, 2.24) is 19.9 Å². The van der Waals surface area contributed by atoms with Gasteiger partial charge in [-0.1, -0.05) is 12.1 Å². The fourth-order valence-electron chi connectivity index (χ4n) is 3.26. The van der Waals surface area contributed by atoms with Crippen LogP contribution in [-0.2, 0) is 17.8 Å². The van der Waals surface area contributed by atoms with E-state index in [1.54, 1.807) is 0 Å². The summed E-state index contributed by atoms with van der Waals surface area (Å²) in [5, 5.41) is 6.23. The Bertz CT molecular complexity index is 1070. The van der Waals surface area contributed by atoms with E-state index in [-0.39, 0.29) is 24.1 Å². The molecule has 1 aliphatic heterocycles. The van der Waals surface area contributed by atoms with E-state index in [0.29, 0.717) is 29.7 Å². The Labute approximate surface area is 183 Å². The van der Waals surface area contributed by atoms with Crippen LogP contribution in [0.15, 0.2) is 42.9 Å². The summed E-state index contributed by atoms with van der Waals surface area (Å²) in [7, 11) is 0. The molecule has 3 heterocycles. The van der Waals surface area contributed by atoms with Gasteiger partial charge in [-0.3, -0.25) is 24.8 Å². The molecule has 0 saturated carbocycles. The van der Waals surface area contributed by atoms with Crippen molar-refractivity contribution >= 4 is 34.0 Å². The Morgan fingerprint density at radius 3 is 2.90 bits per heavy atom. The number of amides is 2. The summed E-state index contributed by atoms with van der Waals surface area (Å²) in [5.74, 6) is 0.213. The number of para-hydroxylation sites is 2. The molecule has 0 aliphatic carbocycles. The van der Waals surface area contributed by atoms with Crippen LogP contribution in [0.4, 0.5) is 10.8 Å². The molecule has 10 heteroatoms. The first-order valence-electron chi connectivity index (χ1n) is 9.92. The molecule has 4 rings (SSSR count). The number of thiazole rings is 1. The molecule has 2 amide bonds. The summed E-state index contributed by atoms with van der Waals surface area (Å²) in [6.07, 6.45) is 5.11. The topological polar surface area (TPSA) is 109 Å². The Kier molecular flexibility index (Phi) is 6.48. The summed E-state index contributed by atoms with van der Waals surface area (Å²) >= 11 is 1.42. The third kappa shape index (κ3) is 5.22. The zero-order valence-corrected chi connectivity index (χ0v) is 17.8. The average molecular weight is 439 g/mol. The molecule has 0 atom stereocenters. The predicted molar refractivity (Wildman–Crippen MR) is 117 cm³/mol. The number of anilines is 2. The molecule has 31 heavy (non-hydrogen) atoms. The minimum Gasteiger partial charge on any atom is -0.492 e. The number of fused-ring (bicyclic) bond motifs is 1. The van der Waals surface area contributed by atoms with Crippen LogP contribution in [0.3, 0.4) is 0 Å². The molecule has 2 N–H and O–H groups in total. The zero-order valence-electron chi connectivity index (χ0n) is 17.0. The van der Waals surface area contributed by atoms with Crippen molar-refractivity contribution in [3.63, 3.8) is 0 Å². The van der Waals surface area contributed by atoms with Gasteiger partial charge in [0.05, 0.1) is 30.7 Å². The SMILES string of the molecule is CCOc1ccccc1NC(=O)CN1CCc2nc(NC(=O)c3cnccn3)sc2C1. The standard InChI is InChI=1S/C21H22N6O3S/c1-2-30-17-6-4-3-5-14(17)24-19(28)13-27-10-7-15-18(12-27)31-21(25-15)26-20(29)16-11-22-8-9-23-16/h3-6,8-9,11H,2,7,10,12-13H2,1H3,(H,24,28)(H,25,26,29). The van der Waals surface area contributed by atoms with E-state index >= 15 is 0 Å². The summed E-state index contributed by atoms with van der Waals surface area (Å²) in [6, 6.07) is 7.39. The highest BCUT2D eigenvalue weighted by atomic mass is 32.1. The van der Waals surface area contributed by atoms with E-state index in [0.717, 1.165) is 23.5 Å². The van der Waals surface area contributed by atoms with Crippen molar-refractivity contribution < 1.29 is 14.3 Å². The summed E-state index contributed by atoms with van der Waals surface area (Å²) < 4.78 is 5.56. The Morgan fingerprint density at radius 1 is 1.23 bits per heavy atom. The Morgan fingerprint density at radius 2 is 2.10 bits per heavy atom. The molecule has 2 aromatic heterocycles. The van der Waals surface area contributed by atoms with Crippen LogP contribution in [0.5, 0.6) is 5.75 Å². The number of carbonyl (C=O) groups excluding carboxylic acids is 2. The first kappa shape index (κ1) is 20.9. The zero-order chi connectivity index (χ0) is 21.6. The van der Waals surface area contributed by atoms with Crippen LogP contribution in [0.1, 0.15) is 28.0 Å². The number of benzene rings is 1. The molecule has 0 unspecified atom stereocenters. The van der Waals surface area contributed by atoms with Crippen LogP contribution in [-0.4, -0.2) is 51.4 Å². The van der Waals surface area contributed by atoms with Crippen LogP contribution in [0.2, 0.25) is 0 Å². The lowest BCUT2D eigenvalue weighted by molar-refractivity contribution is -0.117. The highest BCUT2D eigenvalue weighted by molar-refractivity contribution is 7.15. The second-order valence-electron chi connectivity index (χ2n) is 6.87. The first-order valence-corrected chi connectivity index (χ1v) is 10.7. The number of nitrogens with zero attached hydrogens (tertiary/aromatic N) is 4. The molecular weight excluding hydrogens is 416 g/mol. The van der Waals surface area contributed by atoms with Crippen LogP contribution in [0.25, 0.3) is 0 Å². The molecule has 0 saturated heterocycles. The first-order chi connectivity index (χ1) is 15.1. The van der Waals surface area contributed by atoms with Gasteiger partial charge in [-0.25, -0.2) is 9.97 Å². The van der Waals surface area contributed by atoms with Gasteiger partial charge in [0.2, 0.25) is 5.91 Å². The molecule has 1 aromatic carbocycles. The van der Waals surface area contributed by atoms with E-state index in [1.807, 2.05) is 31.2 Å². The minimum absolute atomic E-state index is 0.101. The maximum absolute atomic E-state index is 12.6. The van der Waals surface area contributed by atoms with E-state index in [1.165, 1.54) is 29.9 Å². The average Bonchev–Trinajstić information content (AvgIpc) is 3.17. The number of carbonyl (C=O) groups is 2. The third-order valence-corrected chi connectivity index (χ3v) is 5.65. The summed E-state index contributed by atoms with van der Waals surface area (Å²) in [4.78, 5) is 40.4. The minimum atomic E-state index is -0.344. The van der Waals surface area contributed by atoms with Crippen molar-refractivity contribution in [3.8, 4) is 5.75 Å². The molecule has 160 valence electrons. The molecule has 0 spiro atoms. The van der Waals surface area contributed by atoms with Crippen molar-refractivity contribution in [3.05, 3.63) is 59.1 Å². The Hall–Kier alpha value is -3.37. The number of hydrogen-bond donors (Lipinski definition) is 2. The smallest absolute Gasteiger partial charge is 0.277 e. The number of hydrogen-bond acceptors (Lipinski definition) is 8. The fraction of sp³-hybridized carbons (Fsp3) is 0.286. The van der Waals surface area contributed by atoms with E-state index < -0.39 is 0 Å². The van der Waals surface area contributed by atoms with Crippen molar-refractivity contribution in [2.45, 2.75) is 19.9 Å². The molecule has 0 bridgehead atoms. The molecule has 1 aliphatic rings. The Balaban J connectivity index is 1.35.